The Hall–Kier alpha value is -3.35. The minimum atomic E-state index is -0.0819. The average molecular weight is 441 g/mol. The molecule has 0 heterocycles. The molecule has 0 aliphatic rings. The van der Waals surface area contributed by atoms with Gasteiger partial charge in [-0.15, -0.1) is 0 Å². The zero-order valence-electron chi connectivity index (χ0n) is 19.2. The third kappa shape index (κ3) is 7.72. The lowest BCUT2D eigenvalue weighted by Gasteiger charge is -2.12. The maximum absolute atomic E-state index is 12.2. The number of nitrogens with one attached hydrogen (secondary N) is 2. The molecular weight excluding hydrogens is 408 g/mol. The first-order chi connectivity index (χ1) is 15.3. The average Bonchev–Trinajstić information content (AvgIpc) is 2.80. The topological polar surface area (TPSA) is 93.7 Å². The number of rotatable bonds is 12. The standard InChI is InChI=1S/C25H32N2O5/c1-5-17(2)25(30)27-21-9-6-8-19(14-21)16-26-24(29)10-7-13-32-22-12-11-20(18(3)28)15-23(22)31-4/h6,8-9,11-12,14-15,17H,5,7,10,13,16H2,1-4H3,(H,26,29)(H,27,30). The van der Waals surface area contributed by atoms with Gasteiger partial charge < -0.3 is 20.1 Å². The number of amides is 2. The Morgan fingerprint density at radius 1 is 1.06 bits per heavy atom. The van der Waals surface area contributed by atoms with E-state index in [0.29, 0.717) is 43.1 Å². The number of anilines is 1. The maximum Gasteiger partial charge on any atom is 0.227 e. The zero-order valence-corrected chi connectivity index (χ0v) is 19.2. The molecule has 1 atom stereocenters. The number of benzene rings is 2. The first-order valence-corrected chi connectivity index (χ1v) is 10.8. The van der Waals surface area contributed by atoms with Crippen LogP contribution in [0.4, 0.5) is 5.69 Å². The van der Waals surface area contributed by atoms with Crippen molar-refractivity contribution in [1.29, 1.82) is 0 Å². The summed E-state index contributed by atoms with van der Waals surface area (Å²) in [5, 5.41) is 5.79. The van der Waals surface area contributed by atoms with Gasteiger partial charge in [-0.3, -0.25) is 14.4 Å². The van der Waals surface area contributed by atoms with Crippen molar-refractivity contribution < 1.29 is 23.9 Å². The predicted molar refractivity (Wildman–Crippen MR) is 124 cm³/mol. The van der Waals surface area contributed by atoms with Crippen LogP contribution in [-0.4, -0.2) is 31.3 Å². The highest BCUT2D eigenvalue weighted by atomic mass is 16.5. The fourth-order valence-corrected chi connectivity index (χ4v) is 2.92. The fourth-order valence-electron chi connectivity index (χ4n) is 2.92. The van der Waals surface area contributed by atoms with Crippen LogP contribution in [0.2, 0.25) is 0 Å². The molecule has 0 spiro atoms. The van der Waals surface area contributed by atoms with Crippen LogP contribution in [0.3, 0.4) is 0 Å². The van der Waals surface area contributed by atoms with Gasteiger partial charge in [0, 0.05) is 30.1 Å². The molecule has 2 rings (SSSR count). The zero-order chi connectivity index (χ0) is 23.5. The number of hydrogen-bond acceptors (Lipinski definition) is 5. The monoisotopic (exact) mass is 440 g/mol. The summed E-state index contributed by atoms with van der Waals surface area (Å²) in [6.07, 6.45) is 1.63. The summed E-state index contributed by atoms with van der Waals surface area (Å²) >= 11 is 0. The van der Waals surface area contributed by atoms with Gasteiger partial charge in [0.05, 0.1) is 13.7 Å². The third-order valence-corrected chi connectivity index (χ3v) is 5.12. The number of Topliss-reactive ketones (excluding diaryl/α,β-unsaturated/α-hetero) is 1. The van der Waals surface area contributed by atoms with Crippen LogP contribution in [0.25, 0.3) is 0 Å². The largest absolute Gasteiger partial charge is 0.493 e. The second kappa shape index (κ2) is 12.5. The molecule has 2 amide bonds. The molecule has 0 radical (unpaired) electrons. The summed E-state index contributed by atoms with van der Waals surface area (Å²) in [6, 6.07) is 12.5. The molecule has 2 aromatic carbocycles. The van der Waals surface area contributed by atoms with Crippen LogP contribution >= 0.6 is 0 Å². The summed E-state index contributed by atoms with van der Waals surface area (Å²) in [5.41, 5.74) is 2.18. The first-order valence-electron chi connectivity index (χ1n) is 10.8. The van der Waals surface area contributed by atoms with Crippen molar-refractivity contribution in [2.45, 2.75) is 46.6 Å². The molecule has 32 heavy (non-hydrogen) atoms. The SMILES string of the molecule is CCC(C)C(=O)Nc1cccc(CNC(=O)CCCOc2ccc(C(C)=O)cc2OC)c1. The Morgan fingerprint density at radius 3 is 2.53 bits per heavy atom. The number of methoxy groups -OCH3 is 1. The summed E-state index contributed by atoms with van der Waals surface area (Å²) in [6.45, 7) is 6.09. The van der Waals surface area contributed by atoms with Gasteiger partial charge in [0.1, 0.15) is 0 Å². The third-order valence-electron chi connectivity index (χ3n) is 5.12. The minimum Gasteiger partial charge on any atom is -0.493 e. The molecule has 0 fully saturated rings. The molecule has 0 aliphatic carbocycles. The predicted octanol–water partition coefficient (Wildman–Crippen LogP) is 4.36. The van der Waals surface area contributed by atoms with Gasteiger partial charge in [-0.2, -0.15) is 0 Å². The molecule has 1 unspecified atom stereocenters. The quantitative estimate of drug-likeness (QED) is 0.378. The second-order valence-electron chi connectivity index (χ2n) is 7.65. The highest BCUT2D eigenvalue weighted by Crippen LogP contribution is 2.28. The summed E-state index contributed by atoms with van der Waals surface area (Å²) in [7, 11) is 1.52. The van der Waals surface area contributed by atoms with Crippen LogP contribution in [0.5, 0.6) is 11.5 Å². The second-order valence-corrected chi connectivity index (χ2v) is 7.65. The lowest BCUT2D eigenvalue weighted by atomic mass is 10.1. The van der Waals surface area contributed by atoms with Gasteiger partial charge in [0.25, 0.3) is 0 Å². The van der Waals surface area contributed by atoms with Crippen molar-refractivity contribution in [3.63, 3.8) is 0 Å². The van der Waals surface area contributed by atoms with Gasteiger partial charge >= 0.3 is 0 Å². The van der Waals surface area contributed by atoms with E-state index in [1.807, 2.05) is 38.1 Å². The van der Waals surface area contributed by atoms with E-state index >= 15 is 0 Å². The Kier molecular flexibility index (Phi) is 9.73. The first kappa shape index (κ1) is 24.9. The fraction of sp³-hybridized carbons (Fsp3) is 0.400. The van der Waals surface area contributed by atoms with E-state index in [1.165, 1.54) is 14.0 Å². The number of ether oxygens (including phenoxy) is 2. The van der Waals surface area contributed by atoms with Crippen molar-refractivity contribution in [3.05, 3.63) is 53.6 Å². The van der Waals surface area contributed by atoms with Crippen molar-refractivity contribution >= 4 is 23.3 Å². The van der Waals surface area contributed by atoms with E-state index in [2.05, 4.69) is 10.6 Å². The van der Waals surface area contributed by atoms with E-state index in [1.54, 1.807) is 18.2 Å². The summed E-state index contributed by atoms with van der Waals surface area (Å²) < 4.78 is 11.0. The van der Waals surface area contributed by atoms with Crippen LogP contribution in [0.15, 0.2) is 42.5 Å². The highest BCUT2D eigenvalue weighted by Gasteiger charge is 2.11. The molecule has 0 bridgehead atoms. The van der Waals surface area contributed by atoms with E-state index in [-0.39, 0.29) is 23.5 Å². The van der Waals surface area contributed by atoms with Crippen molar-refractivity contribution in [2.75, 3.05) is 19.0 Å². The lowest BCUT2D eigenvalue weighted by Crippen LogP contribution is -2.23. The van der Waals surface area contributed by atoms with Crippen LogP contribution < -0.4 is 20.1 Å². The Balaban J connectivity index is 1.76. The highest BCUT2D eigenvalue weighted by molar-refractivity contribution is 5.94. The Morgan fingerprint density at radius 2 is 1.84 bits per heavy atom. The maximum atomic E-state index is 12.2. The van der Waals surface area contributed by atoms with Gasteiger partial charge in [0.2, 0.25) is 11.8 Å². The number of hydrogen-bond donors (Lipinski definition) is 2. The van der Waals surface area contributed by atoms with Crippen LogP contribution in [0, 0.1) is 5.92 Å². The number of ketones is 1. The molecule has 0 saturated heterocycles. The van der Waals surface area contributed by atoms with E-state index in [4.69, 9.17) is 9.47 Å². The van der Waals surface area contributed by atoms with Gasteiger partial charge in [-0.1, -0.05) is 26.0 Å². The Bertz CT molecular complexity index is 942. The number of carbonyl (C=O) groups excluding carboxylic acids is 3. The lowest BCUT2D eigenvalue weighted by molar-refractivity contribution is -0.121. The van der Waals surface area contributed by atoms with Crippen molar-refractivity contribution in [3.8, 4) is 11.5 Å². The van der Waals surface area contributed by atoms with Crippen LogP contribution in [0.1, 0.15) is 56.0 Å². The van der Waals surface area contributed by atoms with Crippen molar-refractivity contribution in [1.82, 2.24) is 5.32 Å². The molecule has 172 valence electrons. The summed E-state index contributed by atoms with van der Waals surface area (Å²) in [5.74, 6) is 0.835. The smallest absolute Gasteiger partial charge is 0.227 e. The van der Waals surface area contributed by atoms with Gasteiger partial charge in [-0.25, -0.2) is 0 Å². The summed E-state index contributed by atoms with van der Waals surface area (Å²) in [4.78, 5) is 35.7. The Labute approximate surface area is 189 Å². The molecule has 7 nitrogen and oxygen atoms in total. The van der Waals surface area contributed by atoms with E-state index < -0.39 is 0 Å². The minimum absolute atomic E-state index is 0.0127. The molecule has 2 N–H and O–H groups in total. The van der Waals surface area contributed by atoms with Crippen molar-refractivity contribution in [2.24, 2.45) is 5.92 Å². The van der Waals surface area contributed by atoms with Gasteiger partial charge in [0.15, 0.2) is 17.3 Å². The van der Waals surface area contributed by atoms with E-state index in [9.17, 15) is 14.4 Å². The molecular formula is C25H32N2O5. The molecule has 7 heteroatoms. The molecule has 0 saturated carbocycles. The van der Waals surface area contributed by atoms with E-state index in [0.717, 1.165) is 17.7 Å². The number of carbonyl (C=O) groups is 3. The van der Waals surface area contributed by atoms with Gasteiger partial charge in [-0.05, 0) is 55.7 Å². The molecule has 0 aromatic heterocycles. The normalized spacial score (nSPS) is 11.4. The van der Waals surface area contributed by atoms with Crippen LogP contribution in [-0.2, 0) is 16.1 Å². The molecule has 0 aliphatic heterocycles. The molecule has 2 aromatic rings.